The van der Waals surface area contributed by atoms with Crippen LogP contribution in [0.3, 0.4) is 0 Å². The van der Waals surface area contributed by atoms with Gasteiger partial charge in [-0.1, -0.05) is 31.7 Å². The quantitative estimate of drug-likeness (QED) is 0.636. The second-order valence-corrected chi connectivity index (χ2v) is 5.63. The number of hydrogen-bond acceptors (Lipinski definition) is 2. The Labute approximate surface area is 115 Å². The van der Waals surface area contributed by atoms with Crippen LogP contribution in [0, 0.1) is 0 Å². The summed E-state index contributed by atoms with van der Waals surface area (Å²) in [5.74, 6) is 0.123. The maximum Gasteiger partial charge on any atom is 0.253 e. The number of nitrogens with zero attached hydrogens (tertiary/aromatic N) is 1. The maximum atomic E-state index is 12.4. The molecule has 0 aromatic heterocycles. The van der Waals surface area contributed by atoms with Crippen molar-refractivity contribution in [3.05, 3.63) is 29.8 Å². The third kappa shape index (κ3) is 3.29. The molecule has 0 atom stereocenters. The molecule has 1 aliphatic rings. The Kier molecular flexibility index (Phi) is 4.70. The molecule has 0 N–H and O–H groups in total. The van der Waals surface area contributed by atoms with Crippen LogP contribution in [0.25, 0.3) is 0 Å². The molecule has 0 spiro atoms. The third-order valence-corrected chi connectivity index (χ3v) is 4.06. The van der Waals surface area contributed by atoms with Crippen molar-refractivity contribution < 1.29 is 4.79 Å². The normalized spacial score (nSPS) is 17.2. The van der Waals surface area contributed by atoms with Crippen LogP contribution in [0.15, 0.2) is 29.2 Å². The Morgan fingerprint density at radius 3 is 2.50 bits per heavy atom. The number of thiol groups is 1. The van der Waals surface area contributed by atoms with E-state index in [4.69, 9.17) is 0 Å². The second-order valence-electron chi connectivity index (χ2n) is 5.11. The van der Waals surface area contributed by atoms with E-state index in [9.17, 15) is 4.79 Å². The molecule has 0 heterocycles. The number of amides is 1. The molecule has 1 amide bonds. The fraction of sp³-hybridized carbons (Fsp3) is 0.533. The summed E-state index contributed by atoms with van der Waals surface area (Å²) < 4.78 is 0. The number of carbonyl (C=O) groups is 1. The van der Waals surface area contributed by atoms with Gasteiger partial charge in [-0.2, -0.15) is 0 Å². The Morgan fingerprint density at radius 1 is 1.22 bits per heavy atom. The van der Waals surface area contributed by atoms with Crippen LogP contribution in [0.2, 0.25) is 0 Å². The molecule has 0 unspecified atom stereocenters. The summed E-state index contributed by atoms with van der Waals surface area (Å²) in [7, 11) is 1.93. The molecule has 0 radical (unpaired) electrons. The zero-order valence-electron chi connectivity index (χ0n) is 10.9. The van der Waals surface area contributed by atoms with E-state index in [1.54, 1.807) is 0 Å². The van der Waals surface area contributed by atoms with Crippen molar-refractivity contribution in [1.82, 2.24) is 4.90 Å². The smallest absolute Gasteiger partial charge is 0.253 e. The monoisotopic (exact) mass is 263 g/mol. The minimum Gasteiger partial charge on any atom is -0.339 e. The highest BCUT2D eigenvalue weighted by Crippen LogP contribution is 2.22. The number of hydrogen-bond donors (Lipinski definition) is 1. The van der Waals surface area contributed by atoms with Gasteiger partial charge in [0.15, 0.2) is 0 Å². The molecule has 1 fully saturated rings. The van der Waals surface area contributed by atoms with Crippen LogP contribution in [0.1, 0.15) is 48.9 Å². The highest BCUT2D eigenvalue weighted by Gasteiger charge is 2.22. The van der Waals surface area contributed by atoms with Crippen molar-refractivity contribution in [1.29, 1.82) is 0 Å². The summed E-state index contributed by atoms with van der Waals surface area (Å²) in [5, 5.41) is 0. The van der Waals surface area contributed by atoms with Crippen molar-refractivity contribution in [2.24, 2.45) is 0 Å². The van der Waals surface area contributed by atoms with Crippen molar-refractivity contribution in [3.63, 3.8) is 0 Å². The molecular weight excluding hydrogens is 242 g/mol. The van der Waals surface area contributed by atoms with Gasteiger partial charge in [0, 0.05) is 23.5 Å². The summed E-state index contributed by atoms with van der Waals surface area (Å²) in [4.78, 5) is 15.2. The molecule has 1 aromatic rings. The standard InChI is InChI=1S/C15H21NOS/c1-16(13-8-4-2-3-5-9-13)15(17)12-7-6-10-14(18)11-12/h6-7,10-11,13,18H,2-5,8-9H2,1H3. The largest absolute Gasteiger partial charge is 0.339 e. The first-order valence-electron chi connectivity index (χ1n) is 6.74. The van der Waals surface area contributed by atoms with E-state index in [-0.39, 0.29) is 5.91 Å². The fourth-order valence-corrected chi connectivity index (χ4v) is 2.88. The lowest BCUT2D eigenvalue weighted by Crippen LogP contribution is -2.36. The van der Waals surface area contributed by atoms with Gasteiger partial charge in [0.2, 0.25) is 0 Å². The first kappa shape index (κ1) is 13.5. The Balaban J connectivity index is 2.07. The summed E-state index contributed by atoms with van der Waals surface area (Å²) >= 11 is 4.29. The minimum absolute atomic E-state index is 0.123. The SMILES string of the molecule is CN(C(=O)c1cccc(S)c1)C1CCCCCC1. The third-order valence-electron chi connectivity index (χ3n) is 3.79. The van der Waals surface area contributed by atoms with Gasteiger partial charge < -0.3 is 4.90 Å². The van der Waals surface area contributed by atoms with Crippen molar-refractivity contribution >= 4 is 18.5 Å². The molecule has 3 heteroatoms. The lowest BCUT2D eigenvalue weighted by Gasteiger charge is -2.27. The summed E-state index contributed by atoms with van der Waals surface area (Å²) in [6.07, 6.45) is 7.39. The highest BCUT2D eigenvalue weighted by molar-refractivity contribution is 7.80. The molecule has 98 valence electrons. The van der Waals surface area contributed by atoms with Crippen LogP contribution in [-0.2, 0) is 0 Å². The fourth-order valence-electron chi connectivity index (χ4n) is 2.65. The van der Waals surface area contributed by atoms with Gasteiger partial charge in [0.1, 0.15) is 0 Å². The number of carbonyl (C=O) groups excluding carboxylic acids is 1. The van der Waals surface area contributed by atoms with Crippen LogP contribution in [0.4, 0.5) is 0 Å². The lowest BCUT2D eigenvalue weighted by atomic mass is 10.1. The number of rotatable bonds is 2. The van der Waals surface area contributed by atoms with Crippen LogP contribution >= 0.6 is 12.6 Å². The predicted octanol–water partition coefficient (Wildman–Crippen LogP) is 3.77. The van der Waals surface area contributed by atoms with E-state index in [0.29, 0.717) is 6.04 Å². The summed E-state index contributed by atoms with van der Waals surface area (Å²) in [5.41, 5.74) is 0.745. The van der Waals surface area contributed by atoms with Crippen LogP contribution in [0.5, 0.6) is 0 Å². The van der Waals surface area contributed by atoms with Gasteiger partial charge in [-0.15, -0.1) is 12.6 Å². The van der Waals surface area contributed by atoms with Gasteiger partial charge in [-0.25, -0.2) is 0 Å². The Hall–Kier alpha value is -0.960. The van der Waals surface area contributed by atoms with Crippen molar-refractivity contribution in [2.45, 2.75) is 49.5 Å². The molecule has 2 rings (SSSR count). The first-order chi connectivity index (χ1) is 8.68. The van der Waals surface area contributed by atoms with Crippen LogP contribution < -0.4 is 0 Å². The first-order valence-corrected chi connectivity index (χ1v) is 7.19. The molecular formula is C15H21NOS. The maximum absolute atomic E-state index is 12.4. The summed E-state index contributed by atoms with van der Waals surface area (Å²) in [6.45, 7) is 0. The highest BCUT2D eigenvalue weighted by atomic mass is 32.1. The van der Waals surface area contributed by atoms with Gasteiger partial charge in [0.25, 0.3) is 5.91 Å². The average Bonchev–Trinajstić information content (AvgIpc) is 2.66. The van der Waals surface area contributed by atoms with E-state index >= 15 is 0 Å². The molecule has 1 saturated carbocycles. The minimum atomic E-state index is 0.123. The van der Waals surface area contributed by atoms with Crippen LogP contribution in [-0.4, -0.2) is 23.9 Å². The lowest BCUT2D eigenvalue weighted by molar-refractivity contribution is 0.0717. The molecule has 1 aromatic carbocycles. The Bertz CT molecular complexity index is 411. The van der Waals surface area contributed by atoms with E-state index in [0.717, 1.165) is 23.3 Å². The second kappa shape index (κ2) is 6.28. The molecule has 1 aliphatic carbocycles. The average molecular weight is 263 g/mol. The zero-order chi connectivity index (χ0) is 13.0. The predicted molar refractivity (Wildman–Crippen MR) is 77.3 cm³/mol. The zero-order valence-corrected chi connectivity index (χ0v) is 11.8. The van der Waals surface area contributed by atoms with E-state index in [2.05, 4.69) is 12.6 Å². The molecule has 0 saturated heterocycles. The molecule has 18 heavy (non-hydrogen) atoms. The van der Waals surface area contributed by atoms with E-state index < -0.39 is 0 Å². The van der Waals surface area contributed by atoms with Gasteiger partial charge in [0.05, 0.1) is 0 Å². The summed E-state index contributed by atoms with van der Waals surface area (Å²) in [6, 6.07) is 7.90. The van der Waals surface area contributed by atoms with Crippen molar-refractivity contribution in [3.8, 4) is 0 Å². The molecule has 0 aliphatic heterocycles. The van der Waals surface area contributed by atoms with E-state index in [1.165, 1.54) is 25.7 Å². The van der Waals surface area contributed by atoms with Gasteiger partial charge >= 0.3 is 0 Å². The molecule has 0 bridgehead atoms. The molecule has 2 nitrogen and oxygen atoms in total. The topological polar surface area (TPSA) is 20.3 Å². The van der Waals surface area contributed by atoms with Gasteiger partial charge in [-0.3, -0.25) is 4.79 Å². The van der Waals surface area contributed by atoms with Crippen molar-refractivity contribution in [2.75, 3.05) is 7.05 Å². The Morgan fingerprint density at radius 2 is 1.89 bits per heavy atom. The number of benzene rings is 1. The van der Waals surface area contributed by atoms with Gasteiger partial charge in [-0.05, 0) is 31.0 Å². The van der Waals surface area contributed by atoms with E-state index in [1.807, 2.05) is 36.2 Å².